The zero-order valence-electron chi connectivity index (χ0n) is 27.5. The number of fused-ring (bicyclic) bond motifs is 4. The van der Waals surface area contributed by atoms with Crippen molar-refractivity contribution in [2.75, 3.05) is 9.80 Å². The van der Waals surface area contributed by atoms with Crippen molar-refractivity contribution in [3.63, 3.8) is 0 Å². The second kappa shape index (κ2) is 10.7. The Kier molecular flexibility index (Phi) is 6.55. The highest BCUT2D eigenvalue weighted by Gasteiger charge is 2.38. The summed E-state index contributed by atoms with van der Waals surface area (Å²) >= 11 is 0. The quantitative estimate of drug-likeness (QED) is 0.185. The molecule has 0 N–H and O–H groups in total. The Bertz CT molecular complexity index is 2080. The van der Waals surface area contributed by atoms with Crippen molar-refractivity contribution in [3.8, 4) is 17.2 Å². The average Bonchev–Trinajstić information content (AvgIpc) is 3.12. The lowest BCUT2D eigenvalue weighted by molar-refractivity contribution is 0.631. The van der Waals surface area contributed by atoms with E-state index in [1.807, 2.05) is 24.3 Å². The molecule has 0 bridgehead atoms. The Hall–Kier alpha value is -6.10. The predicted octanol–water partition coefficient (Wildman–Crippen LogP) is 12.0. The van der Waals surface area contributed by atoms with E-state index in [1.54, 1.807) is 0 Å². The molecule has 0 saturated carbocycles. The van der Waals surface area contributed by atoms with E-state index in [1.165, 1.54) is 22.3 Å². The number of benzene rings is 6. The van der Waals surface area contributed by atoms with Gasteiger partial charge in [0.1, 0.15) is 0 Å². The third-order valence-corrected chi connectivity index (χ3v) is 10.3. The van der Waals surface area contributed by atoms with Crippen LogP contribution in [-0.2, 0) is 10.8 Å². The molecule has 6 aromatic carbocycles. The monoisotopic (exact) mass is 618 g/mol. The maximum Gasteiger partial charge on any atom is 0.195 e. The van der Waals surface area contributed by atoms with Crippen molar-refractivity contribution in [2.24, 2.45) is 0 Å². The summed E-state index contributed by atoms with van der Waals surface area (Å²) in [5.74, 6) is 0. The van der Waals surface area contributed by atoms with Gasteiger partial charge in [-0.2, -0.15) is 5.26 Å². The summed E-state index contributed by atoms with van der Waals surface area (Å²) in [7, 11) is 0. The summed E-state index contributed by atoms with van der Waals surface area (Å²) in [5.41, 5.74) is 13.4. The molecule has 0 radical (unpaired) electrons. The van der Waals surface area contributed by atoms with Crippen LogP contribution < -0.4 is 9.80 Å². The minimum atomic E-state index is -0.180. The summed E-state index contributed by atoms with van der Waals surface area (Å²) in [6.07, 6.45) is 0. The van der Waals surface area contributed by atoms with E-state index >= 15 is 0 Å². The lowest BCUT2D eigenvalue weighted by Crippen LogP contribution is -2.30. The van der Waals surface area contributed by atoms with Gasteiger partial charge in [-0.3, -0.25) is 0 Å². The van der Waals surface area contributed by atoms with Crippen LogP contribution in [0.2, 0.25) is 0 Å². The Morgan fingerprint density at radius 2 is 0.896 bits per heavy atom. The first-order chi connectivity index (χ1) is 23.3. The van der Waals surface area contributed by atoms with E-state index in [-0.39, 0.29) is 10.8 Å². The fourth-order valence-corrected chi connectivity index (χ4v) is 7.86. The third-order valence-electron chi connectivity index (χ3n) is 10.3. The average molecular weight is 619 g/mol. The van der Waals surface area contributed by atoms with E-state index in [9.17, 15) is 5.26 Å². The topological polar surface area (TPSA) is 34.6 Å². The fourth-order valence-electron chi connectivity index (χ4n) is 7.86. The molecule has 2 aliphatic rings. The number of para-hydroxylation sites is 4. The zero-order valence-corrected chi connectivity index (χ0v) is 27.5. The fraction of sp³-hybridized carbons (Fsp3) is 0.136. The van der Waals surface area contributed by atoms with Crippen LogP contribution in [0.25, 0.3) is 16.0 Å². The second-order valence-corrected chi connectivity index (χ2v) is 13.6. The van der Waals surface area contributed by atoms with Crippen LogP contribution in [0, 0.1) is 17.9 Å². The third kappa shape index (κ3) is 4.20. The first-order valence-electron chi connectivity index (χ1n) is 16.3. The molecule has 0 aliphatic carbocycles. The first kappa shape index (κ1) is 29.3. The summed E-state index contributed by atoms with van der Waals surface area (Å²) in [6.45, 7) is 17.3. The molecule has 8 rings (SSSR count). The van der Waals surface area contributed by atoms with Crippen LogP contribution in [-0.4, -0.2) is 0 Å². The molecule has 230 valence electrons. The molecule has 6 aromatic rings. The lowest BCUT2D eigenvalue weighted by Gasteiger charge is -2.42. The number of hydrogen-bond donors (Lipinski definition) is 0. The van der Waals surface area contributed by atoms with E-state index in [4.69, 9.17) is 6.57 Å². The molecule has 0 aromatic heterocycles. The highest BCUT2D eigenvalue weighted by molar-refractivity contribution is 5.93. The molecule has 4 nitrogen and oxygen atoms in total. The van der Waals surface area contributed by atoms with Crippen molar-refractivity contribution in [1.29, 1.82) is 5.26 Å². The number of hydrogen-bond acceptors (Lipinski definition) is 3. The van der Waals surface area contributed by atoms with Gasteiger partial charge in [0.25, 0.3) is 0 Å². The van der Waals surface area contributed by atoms with E-state index in [2.05, 4.69) is 158 Å². The Balaban J connectivity index is 1.34. The summed E-state index contributed by atoms with van der Waals surface area (Å²) in [6, 6.07) is 48.7. The Labute approximate surface area is 282 Å². The molecule has 0 spiro atoms. The minimum Gasteiger partial charge on any atom is -0.310 e. The second-order valence-electron chi connectivity index (χ2n) is 13.6. The van der Waals surface area contributed by atoms with Gasteiger partial charge in [-0.15, -0.1) is 0 Å². The van der Waals surface area contributed by atoms with Crippen LogP contribution in [0.4, 0.5) is 39.8 Å². The number of nitrogens with zero attached hydrogens (tertiary/aromatic N) is 4. The summed E-state index contributed by atoms with van der Waals surface area (Å²) in [5, 5.41) is 10.4. The first-order valence-corrected chi connectivity index (χ1v) is 16.3. The van der Waals surface area contributed by atoms with Gasteiger partial charge >= 0.3 is 0 Å². The van der Waals surface area contributed by atoms with Crippen molar-refractivity contribution in [1.82, 2.24) is 0 Å². The molecule has 48 heavy (non-hydrogen) atoms. The van der Waals surface area contributed by atoms with Gasteiger partial charge < -0.3 is 9.80 Å². The Morgan fingerprint density at radius 1 is 0.521 bits per heavy atom. The number of nitriles is 1. The van der Waals surface area contributed by atoms with Gasteiger partial charge in [-0.05, 0) is 88.0 Å². The van der Waals surface area contributed by atoms with Crippen molar-refractivity contribution >= 4 is 39.8 Å². The molecular formula is C44H34N4. The van der Waals surface area contributed by atoms with Crippen molar-refractivity contribution in [3.05, 3.63) is 173 Å². The molecule has 2 heterocycles. The molecular weight excluding hydrogens is 585 g/mol. The Morgan fingerprint density at radius 3 is 1.29 bits per heavy atom. The number of rotatable bonds is 3. The molecule has 0 unspecified atom stereocenters. The summed E-state index contributed by atoms with van der Waals surface area (Å²) in [4.78, 5) is 8.55. The van der Waals surface area contributed by atoms with E-state index in [0.717, 1.165) is 45.3 Å². The highest BCUT2D eigenvalue weighted by atomic mass is 15.2. The van der Waals surface area contributed by atoms with Crippen LogP contribution in [0.3, 0.4) is 0 Å². The van der Waals surface area contributed by atoms with Crippen LogP contribution in [0.1, 0.15) is 55.5 Å². The summed E-state index contributed by atoms with van der Waals surface area (Å²) < 4.78 is 0. The maximum atomic E-state index is 10.4. The van der Waals surface area contributed by atoms with Gasteiger partial charge in [0, 0.05) is 22.2 Å². The van der Waals surface area contributed by atoms with Crippen LogP contribution in [0.5, 0.6) is 0 Å². The zero-order chi connectivity index (χ0) is 33.2. The maximum absolute atomic E-state index is 10.4. The number of anilines is 6. The predicted molar refractivity (Wildman–Crippen MR) is 196 cm³/mol. The minimum absolute atomic E-state index is 0.180. The van der Waals surface area contributed by atoms with Crippen LogP contribution >= 0.6 is 0 Å². The van der Waals surface area contributed by atoms with Crippen LogP contribution in [0.15, 0.2) is 133 Å². The normalized spacial score (nSPS) is 14.9. The van der Waals surface area contributed by atoms with Crippen molar-refractivity contribution in [2.45, 2.75) is 38.5 Å². The van der Waals surface area contributed by atoms with Gasteiger partial charge in [0.2, 0.25) is 0 Å². The van der Waals surface area contributed by atoms with Gasteiger partial charge in [-0.1, -0.05) is 107 Å². The van der Waals surface area contributed by atoms with Gasteiger partial charge in [-0.25, -0.2) is 4.85 Å². The molecule has 0 fully saturated rings. The van der Waals surface area contributed by atoms with E-state index in [0.29, 0.717) is 11.3 Å². The lowest BCUT2D eigenvalue weighted by atomic mass is 9.73. The van der Waals surface area contributed by atoms with Crippen molar-refractivity contribution < 1.29 is 0 Å². The largest absolute Gasteiger partial charge is 0.310 e. The molecule has 0 amide bonds. The molecule has 4 heteroatoms. The molecule has 2 aliphatic heterocycles. The van der Waals surface area contributed by atoms with Gasteiger partial charge in [0.15, 0.2) is 5.69 Å². The smallest absolute Gasteiger partial charge is 0.195 e. The van der Waals surface area contributed by atoms with Gasteiger partial charge in [0.05, 0.1) is 41.0 Å². The SMILES string of the molecule is [C-]#[N+]c1ccc(N2c3ccccc3C(C)(C)c3ccccc32)cc1-c1cc(N2c3ccccc3C(C)(C)c3ccccc32)ccc1C#N. The van der Waals surface area contributed by atoms with E-state index < -0.39 is 0 Å². The standard InChI is InChI=1S/C44H34N4/c1-43(2)34-14-6-10-18-39(34)47(40-19-11-7-15-35(40)43)30-23-22-29(28-45)32(26-30)33-27-31(24-25-38(33)46-5)48-41-20-12-8-16-36(41)44(3,4)37-17-9-13-21-42(37)48/h6-27H,1-4H3. The molecule has 0 saturated heterocycles. The highest BCUT2D eigenvalue weighted by Crippen LogP contribution is 2.54. The molecule has 0 atom stereocenters.